The lowest BCUT2D eigenvalue weighted by atomic mass is 10.2. The molecule has 0 aliphatic carbocycles. The van der Waals surface area contributed by atoms with E-state index < -0.39 is 6.61 Å². The lowest BCUT2D eigenvalue weighted by Crippen LogP contribution is -2.37. The predicted molar refractivity (Wildman–Crippen MR) is 115 cm³/mol. The quantitative estimate of drug-likeness (QED) is 0.303. The molecule has 0 amide bonds. The van der Waals surface area contributed by atoms with Crippen molar-refractivity contribution in [3.8, 4) is 23.1 Å². The molecule has 0 saturated carbocycles. The van der Waals surface area contributed by atoms with Gasteiger partial charge in [0.15, 0.2) is 11.7 Å². The molecule has 0 unspecified atom stereocenters. The second kappa shape index (κ2) is 11.7. The fourth-order valence-corrected chi connectivity index (χ4v) is 2.74. The predicted octanol–water partition coefficient (Wildman–Crippen LogP) is 3.71. The standard InChI is InChI=1S/C21H26F2N6O3/c1-3-9-30-15-8-7-14(17(11-15)32-20(22)23)12-25-21(24-4-2)26-13-18-27-19(29-28-18)16-6-5-10-31-16/h5-8,10-11,20H,3-4,9,12-13H2,1-2H3,(H2,24,25,26)(H,27,28,29). The molecule has 9 nitrogen and oxygen atoms in total. The Morgan fingerprint density at radius 3 is 2.84 bits per heavy atom. The van der Waals surface area contributed by atoms with E-state index in [1.165, 1.54) is 6.07 Å². The number of nitrogens with zero attached hydrogens (tertiary/aromatic N) is 3. The van der Waals surface area contributed by atoms with Crippen molar-refractivity contribution >= 4 is 5.96 Å². The molecular formula is C21H26F2N6O3. The normalized spacial score (nSPS) is 11.6. The van der Waals surface area contributed by atoms with Gasteiger partial charge in [0.2, 0.25) is 5.82 Å². The molecule has 0 fully saturated rings. The molecule has 0 spiro atoms. The third-order valence-corrected chi connectivity index (χ3v) is 4.18. The van der Waals surface area contributed by atoms with Crippen LogP contribution in [-0.2, 0) is 13.1 Å². The third-order valence-electron chi connectivity index (χ3n) is 4.18. The van der Waals surface area contributed by atoms with Crippen LogP contribution in [0.3, 0.4) is 0 Å². The van der Waals surface area contributed by atoms with Gasteiger partial charge in [-0.25, -0.2) is 9.98 Å². The maximum atomic E-state index is 12.9. The van der Waals surface area contributed by atoms with Gasteiger partial charge in [-0.2, -0.15) is 8.78 Å². The van der Waals surface area contributed by atoms with Crippen LogP contribution >= 0.6 is 0 Å². The van der Waals surface area contributed by atoms with Crippen LogP contribution in [0.15, 0.2) is 46.0 Å². The summed E-state index contributed by atoms with van der Waals surface area (Å²) in [6.07, 6.45) is 2.36. The van der Waals surface area contributed by atoms with Crippen LogP contribution in [0.25, 0.3) is 11.6 Å². The average molecular weight is 448 g/mol. The summed E-state index contributed by atoms with van der Waals surface area (Å²) in [5.74, 6) is 2.59. The maximum absolute atomic E-state index is 12.9. The molecule has 2 heterocycles. The van der Waals surface area contributed by atoms with Crippen molar-refractivity contribution in [3.05, 3.63) is 48.0 Å². The zero-order valence-corrected chi connectivity index (χ0v) is 17.9. The summed E-state index contributed by atoms with van der Waals surface area (Å²) in [7, 11) is 0. The maximum Gasteiger partial charge on any atom is 0.387 e. The highest BCUT2D eigenvalue weighted by Gasteiger charge is 2.12. The number of ether oxygens (including phenoxy) is 2. The largest absolute Gasteiger partial charge is 0.493 e. The Morgan fingerprint density at radius 1 is 1.25 bits per heavy atom. The van der Waals surface area contributed by atoms with Gasteiger partial charge in [0, 0.05) is 18.2 Å². The fourth-order valence-electron chi connectivity index (χ4n) is 2.74. The first kappa shape index (κ1) is 23.0. The first-order valence-electron chi connectivity index (χ1n) is 10.3. The Balaban J connectivity index is 1.67. The first-order valence-corrected chi connectivity index (χ1v) is 10.3. The molecule has 0 bridgehead atoms. The van der Waals surface area contributed by atoms with Gasteiger partial charge in [-0.15, -0.1) is 5.10 Å². The SMILES string of the molecule is CCCOc1ccc(CN=C(NCC)NCc2nc(-c3ccco3)n[nH]2)c(OC(F)F)c1. The summed E-state index contributed by atoms with van der Waals surface area (Å²) >= 11 is 0. The van der Waals surface area contributed by atoms with Gasteiger partial charge in [0.05, 0.1) is 26.0 Å². The van der Waals surface area contributed by atoms with Crippen molar-refractivity contribution in [2.24, 2.45) is 4.99 Å². The topological polar surface area (TPSA) is 110 Å². The van der Waals surface area contributed by atoms with Crippen LogP contribution in [0, 0.1) is 0 Å². The van der Waals surface area contributed by atoms with Crippen molar-refractivity contribution in [2.45, 2.75) is 40.0 Å². The number of aromatic nitrogens is 3. The number of H-pyrrole nitrogens is 1. The number of alkyl halides is 2. The number of benzene rings is 1. The fraction of sp³-hybridized carbons (Fsp3) is 0.381. The molecule has 3 rings (SSSR count). The monoisotopic (exact) mass is 448 g/mol. The minimum Gasteiger partial charge on any atom is -0.493 e. The van der Waals surface area contributed by atoms with Crippen molar-refractivity contribution in [1.29, 1.82) is 0 Å². The smallest absolute Gasteiger partial charge is 0.387 e. The molecule has 1 aromatic carbocycles. The van der Waals surface area contributed by atoms with Gasteiger partial charge in [-0.3, -0.25) is 5.10 Å². The molecule has 0 saturated heterocycles. The lowest BCUT2D eigenvalue weighted by Gasteiger charge is -2.13. The van der Waals surface area contributed by atoms with E-state index in [1.54, 1.807) is 30.5 Å². The van der Waals surface area contributed by atoms with Gasteiger partial charge < -0.3 is 24.5 Å². The lowest BCUT2D eigenvalue weighted by molar-refractivity contribution is -0.0505. The number of guanidine groups is 1. The Kier molecular flexibility index (Phi) is 8.41. The van der Waals surface area contributed by atoms with Gasteiger partial charge in [0.1, 0.15) is 17.3 Å². The van der Waals surface area contributed by atoms with Crippen LogP contribution in [0.1, 0.15) is 31.7 Å². The van der Waals surface area contributed by atoms with Gasteiger partial charge >= 0.3 is 6.61 Å². The number of nitrogens with one attached hydrogen (secondary N) is 3. The molecule has 0 atom stereocenters. The number of halogens is 2. The van der Waals surface area contributed by atoms with Crippen molar-refractivity contribution in [1.82, 2.24) is 25.8 Å². The van der Waals surface area contributed by atoms with Crippen LogP contribution < -0.4 is 20.1 Å². The summed E-state index contributed by atoms with van der Waals surface area (Å²) < 4.78 is 41.2. The van der Waals surface area contributed by atoms with E-state index in [0.717, 1.165) is 6.42 Å². The Hall–Kier alpha value is -3.63. The van der Waals surface area contributed by atoms with Crippen molar-refractivity contribution < 1.29 is 22.7 Å². The van der Waals surface area contributed by atoms with E-state index in [9.17, 15) is 8.78 Å². The summed E-state index contributed by atoms with van der Waals surface area (Å²) in [5, 5.41) is 13.2. The Bertz CT molecular complexity index is 991. The van der Waals surface area contributed by atoms with E-state index in [1.807, 2.05) is 13.8 Å². The van der Waals surface area contributed by atoms with Crippen LogP contribution in [0.4, 0.5) is 8.78 Å². The second-order valence-electron chi connectivity index (χ2n) is 6.63. The van der Waals surface area contributed by atoms with Crippen LogP contribution in [-0.4, -0.2) is 40.9 Å². The van der Waals surface area contributed by atoms with Gasteiger partial charge in [-0.1, -0.05) is 6.92 Å². The Morgan fingerprint density at radius 2 is 2.12 bits per heavy atom. The molecular weight excluding hydrogens is 422 g/mol. The minimum absolute atomic E-state index is 0.0338. The van der Waals surface area contributed by atoms with Crippen LogP contribution in [0.2, 0.25) is 0 Å². The highest BCUT2D eigenvalue weighted by atomic mass is 19.3. The molecule has 172 valence electrons. The zero-order valence-electron chi connectivity index (χ0n) is 17.9. The van der Waals surface area contributed by atoms with Gasteiger partial charge in [0.25, 0.3) is 0 Å². The minimum atomic E-state index is -2.94. The highest BCUT2D eigenvalue weighted by molar-refractivity contribution is 5.79. The molecule has 0 radical (unpaired) electrons. The van der Waals surface area contributed by atoms with E-state index in [2.05, 4.69) is 35.5 Å². The number of aliphatic imine (C=N–C) groups is 1. The Labute approximate surface area is 184 Å². The molecule has 32 heavy (non-hydrogen) atoms. The number of aromatic amines is 1. The molecule has 3 aromatic rings. The summed E-state index contributed by atoms with van der Waals surface area (Å²) in [6.45, 7) is 2.49. The van der Waals surface area contributed by atoms with E-state index in [4.69, 9.17) is 9.15 Å². The molecule has 2 aromatic heterocycles. The second-order valence-corrected chi connectivity index (χ2v) is 6.63. The summed E-state index contributed by atoms with van der Waals surface area (Å²) in [6, 6.07) is 8.36. The highest BCUT2D eigenvalue weighted by Crippen LogP contribution is 2.27. The van der Waals surface area contributed by atoms with E-state index >= 15 is 0 Å². The van der Waals surface area contributed by atoms with E-state index in [-0.39, 0.29) is 12.3 Å². The van der Waals surface area contributed by atoms with Crippen molar-refractivity contribution in [2.75, 3.05) is 13.2 Å². The van der Waals surface area contributed by atoms with Gasteiger partial charge in [-0.05, 0) is 37.6 Å². The summed E-state index contributed by atoms with van der Waals surface area (Å²) in [4.78, 5) is 8.82. The number of furan rings is 1. The van der Waals surface area contributed by atoms with E-state index in [0.29, 0.717) is 54.4 Å². The van der Waals surface area contributed by atoms with Crippen LogP contribution in [0.5, 0.6) is 11.5 Å². The number of rotatable bonds is 11. The molecule has 0 aliphatic heterocycles. The average Bonchev–Trinajstić information content (AvgIpc) is 3.46. The molecule has 0 aliphatic rings. The zero-order chi connectivity index (χ0) is 22.8. The summed E-state index contributed by atoms with van der Waals surface area (Å²) in [5.41, 5.74) is 0.506. The first-order chi connectivity index (χ1) is 15.6. The molecule has 3 N–H and O–H groups in total. The molecule has 11 heteroatoms. The van der Waals surface area contributed by atoms with Crippen molar-refractivity contribution in [3.63, 3.8) is 0 Å². The number of hydrogen-bond acceptors (Lipinski definition) is 6. The third kappa shape index (κ3) is 6.69. The number of hydrogen-bond donors (Lipinski definition) is 3.